The highest BCUT2D eigenvalue weighted by Crippen LogP contribution is 2.17. The van der Waals surface area contributed by atoms with E-state index >= 15 is 0 Å². The maximum absolute atomic E-state index is 12.5. The second-order valence-electron chi connectivity index (χ2n) is 2.97. The van der Waals surface area contributed by atoms with E-state index in [0.717, 1.165) is 11.2 Å². The van der Waals surface area contributed by atoms with Crippen molar-refractivity contribution in [2.24, 2.45) is 0 Å². The van der Waals surface area contributed by atoms with Crippen LogP contribution in [0.5, 0.6) is 0 Å². The van der Waals surface area contributed by atoms with E-state index in [1.165, 1.54) is 23.9 Å². The van der Waals surface area contributed by atoms with Gasteiger partial charge in [-0.1, -0.05) is 0 Å². The Kier molecular flexibility index (Phi) is 4.56. The molecule has 1 N–H and O–H groups in total. The summed E-state index contributed by atoms with van der Waals surface area (Å²) in [7, 11) is -3.11. The van der Waals surface area contributed by atoms with Gasteiger partial charge in [0.2, 0.25) is 10.0 Å². The number of rotatable bonds is 5. The molecule has 0 bridgehead atoms. The molecule has 3 nitrogen and oxygen atoms in total. The Morgan fingerprint density at radius 2 is 1.93 bits per heavy atom. The average Bonchev–Trinajstić information content (AvgIpc) is 2.14. The molecule has 0 saturated heterocycles. The van der Waals surface area contributed by atoms with Gasteiger partial charge in [-0.2, -0.15) is 0 Å². The number of halogens is 1. The zero-order valence-corrected chi connectivity index (χ0v) is 9.87. The maximum Gasteiger partial charge on any atom is 0.208 e. The van der Waals surface area contributed by atoms with Crippen molar-refractivity contribution < 1.29 is 12.8 Å². The standard InChI is InChI=1S/C9H12FNO2S2/c1-15(12,13)11-6-7-14-9-4-2-8(10)3-5-9/h2-5,11H,6-7H2,1H3. The van der Waals surface area contributed by atoms with Crippen molar-refractivity contribution in [3.63, 3.8) is 0 Å². The van der Waals surface area contributed by atoms with Crippen LogP contribution in [0.4, 0.5) is 4.39 Å². The third-order valence-electron chi connectivity index (χ3n) is 1.55. The van der Waals surface area contributed by atoms with Crippen molar-refractivity contribution in [2.75, 3.05) is 18.6 Å². The Balaban J connectivity index is 2.29. The highest BCUT2D eigenvalue weighted by molar-refractivity contribution is 7.99. The van der Waals surface area contributed by atoms with E-state index in [0.29, 0.717) is 12.3 Å². The first-order valence-corrected chi connectivity index (χ1v) is 7.18. The second-order valence-corrected chi connectivity index (χ2v) is 5.97. The number of hydrogen-bond acceptors (Lipinski definition) is 3. The number of thioether (sulfide) groups is 1. The van der Waals surface area contributed by atoms with Crippen LogP contribution in [0.3, 0.4) is 0 Å². The third-order valence-corrected chi connectivity index (χ3v) is 3.29. The molecule has 0 aliphatic carbocycles. The molecule has 84 valence electrons. The molecule has 0 aromatic heterocycles. The Morgan fingerprint density at radius 3 is 2.47 bits per heavy atom. The minimum Gasteiger partial charge on any atom is -0.215 e. The average molecular weight is 249 g/mol. The van der Waals surface area contributed by atoms with E-state index in [2.05, 4.69) is 4.72 Å². The molecule has 0 unspecified atom stereocenters. The van der Waals surface area contributed by atoms with Gasteiger partial charge in [0, 0.05) is 17.2 Å². The molecule has 0 radical (unpaired) electrons. The monoisotopic (exact) mass is 249 g/mol. The molecule has 0 spiro atoms. The van der Waals surface area contributed by atoms with Crippen LogP contribution < -0.4 is 4.72 Å². The first-order valence-electron chi connectivity index (χ1n) is 4.30. The van der Waals surface area contributed by atoms with E-state index in [9.17, 15) is 12.8 Å². The zero-order valence-electron chi connectivity index (χ0n) is 8.23. The van der Waals surface area contributed by atoms with E-state index in [1.807, 2.05) is 0 Å². The molecule has 0 amide bonds. The van der Waals surface area contributed by atoms with E-state index in [-0.39, 0.29) is 5.82 Å². The Morgan fingerprint density at radius 1 is 1.33 bits per heavy atom. The summed E-state index contributed by atoms with van der Waals surface area (Å²) in [4.78, 5) is 0.923. The fourth-order valence-corrected chi connectivity index (χ4v) is 2.30. The molecule has 0 atom stereocenters. The van der Waals surface area contributed by atoms with Gasteiger partial charge in [-0.25, -0.2) is 17.5 Å². The molecule has 15 heavy (non-hydrogen) atoms. The van der Waals surface area contributed by atoms with Crippen molar-refractivity contribution in [1.29, 1.82) is 0 Å². The number of sulfonamides is 1. The van der Waals surface area contributed by atoms with Crippen LogP contribution in [0.2, 0.25) is 0 Å². The molecule has 1 aromatic rings. The van der Waals surface area contributed by atoms with Gasteiger partial charge in [-0.15, -0.1) is 11.8 Å². The van der Waals surface area contributed by atoms with E-state index in [1.54, 1.807) is 12.1 Å². The highest BCUT2D eigenvalue weighted by Gasteiger charge is 1.99. The van der Waals surface area contributed by atoms with Gasteiger partial charge in [0.1, 0.15) is 5.82 Å². The second kappa shape index (κ2) is 5.48. The van der Waals surface area contributed by atoms with Gasteiger partial charge in [0.05, 0.1) is 6.26 Å². The van der Waals surface area contributed by atoms with Crippen LogP contribution in [-0.2, 0) is 10.0 Å². The van der Waals surface area contributed by atoms with Gasteiger partial charge in [-0.3, -0.25) is 0 Å². The number of hydrogen-bond donors (Lipinski definition) is 1. The number of benzene rings is 1. The van der Waals surface area contributed by atoms with Crippen LogP contribution >= 0.6 is 11.8 Å². The van der Waals surface area contributed by atoms with E-state index in [4.69, 9.17) is 0 Å². The molecule has 0 heterocycles. The van der Waals surface area contributed by atoms with Crippen LogP contribution in [0.1, 0.15) is 0 Å². The largest absolute Gasteiger partial charge is 0.215 e. The lowest BCUT2D eigenvalue weighted by atomic mass is 10.4. The highest BCUT2D eigenvalue weighted by atomic mass is 32.2. The first kappa shape index (κ1) is 12.5. The Bertz CT molecular complexity index is 403. The van der Waals surface area contributed by atoms with Gasteiger partial charge in [0.15, 0.2) is 0 Å². The van der Waals surface area contributed by atoms with Gasteiger partial charge in [-0.05, 0) is 24.3 Å². The van der Waals surface area contributed by atoms with Crippen molar-refractivity contribution in [3.05, 3.63) is 30.1 Å². The molecule has 0 aliphatic heterocycles. The topological polar surface area (TPSA) is 46.2 Å². The summed E-state index contributed by atoms with van der Waals surface area (Å²) >= 11 is 1.48. The minimum absolute atomic E-state index is 0.270. The molecule has 0 fully saturated rings. The predicted octanol–water partition coefficient (Wildman–Crippen LogP) is 1.47. The summed E-state index contributed by atoms with van der Waals surface area (Å²) in [5, 5.41) is 0. The Labute approximate surface area is 93.1 Å². The lowest BCUT2D eigenvalue weighted by Crippen LogP contribution is -2.24. The van der Waals surface area contributed by atoms with Crippen molar-refractivity contribution in [2.45, 2.75) is 4.90 Å². The summed E-state index contributed by atoms with van der Waals surface area (Å²) < 4.78 is 36.3. The van der Waals surface area contributed by atoms with Gasteiger partial charge < -0.3 is 0 Å². The van der Waals surface area contributed by atoms with Crippen LogP contribution in [-0.4, -0.2) is 27.0 Å². The van der Waals surface area contributed by atoms with Crippen LogP contribution in [0.25, 0.3) is 0 Å². The van der Waals surface area contributed by atoms with Crippen molar-refractivity contribution >= 4 is 21.8 Å². The summed E-state index contributed by atoms with van der Waals surface area (Å²) in [6, 6.07) is 6.10. The molecular formula is C9H12FNO2S2. The lowest BCUT2D eigenvalue weighted by molar-refractivity contribution is 0.590. The number of nitrogens with one attached hydrogen (secondary N) is 1. The summed E-state index contributed by atoms with van der Waals surface area (Å²) in [6.07, 6.45) is 1.12. The SMILES string of the molecule is CS(=O)(=O)NCCSc1ccc(F)cc1. The quantitative estimate of drug-likeness (QED) is 0.635. The van der Waals surface area contributed by atoms with Crippen LogP contribution in [0.15, 0.2) is 29.2 Å². The molecule has 1 rings (SSSR count). The van der Waals surface area contributed by atoms with Gasteiger partial charge >= 0.3 is 0 Å². The maximum atomic E-state index is 12.5. The third kappa shape index (κ3) is 5.76. The lowest BCUT2D eigenvalue weighted by Gasteiger charge is -2.02. The van der Waals surface area contributed by atoms with Gasteiger partial charge in [0.25, 0.3) is 0 Å². The fraction of sp³-hybridized carbons (Fsp3) is 0.333. The van der Waals surface area contributed by atoms with Crippen molar-refractivity contribution in [3.8, 4) is 0 Å². The predicted molar refractivity (Wildman–Crippen MR) is 60.0 cm³/mol. The van der Waals surface area contributed by atoms with Crippen molar-refractivity contribution in [1.82, 2.24) is 4.72 Å². The molecule has 1 aromatic carbocycles. The normalized spacial score (nSPS) is 11.6. The molecular weight excluding hydrogens is 237 g/mol. The Hall–Kier alpha value is -0.590. The first-order chi connectivity index (χ1) is 6.97. The summed E-state index contributed by atoms with van der Waals surface area (Å²) in [6.45, 7) is 0.376. The smallest absolute Gasteiger partial charge is 0.208 e. The molecule has 0 saturated carbocycles. The van der Waals surface area contributed by atoms with E-state index < -0.39 is 10.0 Å². The minimum atomic E-state index is -3.11. The van der Waals surface area contributed by atoms with Crippen LogP contribution in [0, 0.1) is 5.82 Å². The molecule has 6 heteroatoms. The molecule has 0 aliphatic rings. The fourth-order valence-electron chi connectivity index (χ4n) is 0.927. The summed E-state index contributed by atoms with van der Waals surface area (Å²) in [5.74, 6) is 0.354. The zero-order chi connectivity index (χ0) is 11.3. The summed E-state index contributed by atoms with van der Waals surface area (Å²) in [5.41, 5.74) is 0.